The molecule has 0 amide bonds. The van der Waals surface area contributed by atoms with Crippen LogP contribution in [0.5, 0.6) is 0 Å². The zero-order chi connectivity index (χ0) is 33.6. The Morgan fingerprint density at radius 2 is 0.958 bits per heavy atom. The molecule has 0 aliphatic carbocycles. The fourth-order valence-corrected chi connectivity index (χ4v) is 6.56. The van der Waals surface area contributed by atoms with E-state index in [0.29, 0.717) is 25.0 Å². The summed E-state index contributed by atoms with van der Waals surface area (Å²) in [7, 11) is 0. The van der Waals surface area contributed by atoms with Crippen LogP contribution in [-0.4, -0.2) is 61.1 Å². The van der Waals surface area contributed by atoms with Gasteiger partial charge in [-0.2, -0.15) is 0 Å². The monoisotopic (exact) mass is 642 g/mol. The van der Waals surface area contributed by atoms with E-state index in [1.54, 1.807) is 0 Å². The van der Waals surface area contributed by atoms with E-state index < -0.39 is 0 Å². The van der Waals surface area contributed by atoms with E-state index in [4.69, 9.17) is 9.47 Å². The summed E-state index contributed by atoms with van der Waals surface area (Å²) in [5, 5.41) is 0. The van der Waals surface area contributed by atoms with Gasteiger partial charge in [-0.3, -0.25) is 9.80 Å². The van der Waals surface area contributed by atoms with Crippen LogP contribution in [0.3, 0.4) is 0 Å². The van der Waals surface area contributed by atoms with Crippen LogP contribution in [0.2, 0.25) is 0 Å². The third-order valence-corrected chi connectivity index (χ3v) is 8.74. The average Bonchev–Trinajstić information content (AvgIpc) is 3.12. The van der Waals surface area contributed by atoms with Gasteiger partial charge in [-0.1, -0.05) is 121 Å². The second-order valence-corrected chi connectivity index (χ2v) is 12.0. The summed E-state index contributed by atoms with van der Waals surface area (Å²) in [6, 6.07) is 38.6. The van der Waals surface area contributed by atoms with Gasteiger partial charge >= 0.3 is 11.9 Å². The fourth-order valence-electron chi connectivity index (χ4n) is 6.56. The van der Waals surface area contributed by atoms with Crippen molar-refractivity contribution in [3.8, 4) is 0 Å². The van der Waals surface area contributed by atoms with Crippen molar-refractivity contribution < 1.29 is 19.1 Å². The minimum atomic E-state index is -0.269. The van der Waals surface area contributed by atoms with Gasteiger partial charge in [-0.05, 0) is 47.2 Å². The third kappa shape index (κ3) is 9.63. The summed E-state index contributed by atoms with van der Waals surface area (Å²) >= 11 is 0. The van der Waals surface area contributed by atoms with E-state index in [9.17, 15) is 9.59 Å². The lowest BCUT2D eigenvalue weighted by molar-refractivity contribution is -0.138. The molecular weight excluding hydrogens is 596 g/mol. The molecule has 0 fully saturated rings. The van der Waals surface area contributed by atoms with Crippen molar-refractivity contribution in [3.05, 3.63) is 167 Å². The lowest BCUT2D eigenvalue weighted by atomic mass is 9.85. The van der Waals surface area contributed by atoms with Crippen LogP contribution in [0.1, 0.15) is 59.1 Å². The average molecular weight is 643 g/mol. The molecule has 2 atom stereocenters. The van der Waals surface area contributed by atoms with Crippen molar-refractivity contribution in [2.24, 2.45) is 0 Å². The van der Waals surface area contributed by atoms with Gasteiger partial charge in [0.25, 0.3) is 0 Å². The zero-order valence-corrected chi connectivity index (χ0v) is 28.0. The molecular formula is C42H46N2O4. The number of carbonyl (C=O) groups excluding carboxylic acids is 2. The van der Waals surface area contributed by atoms with Crippen molar-refractivity contribution in [1.82, 2.24) is 9.80 Å². The number of hydrogen-bond acceptors (Lipinski definition) is 6. The smallest absolute Gasteiger partial charge is 0.330 e. The van der Waals surface area contributed by atoms with Crippen molar-refractivity contribution >= 4 is 11.9 Å². The Balaban J connectivity index is 0.000000188. The minimum Gasteiger partial charge on any atom is -0.463 e. The number of nitrogens with zero attached hydrogens (tertiary/aromatic N) is 2. The number of carbonyl (C=O) groups is 2. The van der Waals surface area contributed by atoms with Crippen LogP contribution in [0.15, 0.2) is 133 Å². The molecule has 0 N–H and O–H groups in total. The Kier molecular flexibility index (Phi) is 12.9. The van der Waals surface area contributed by atoms with E-state index in [0.717, 1.165) is 39.3 Å². The summed E-state index contributed by atoms with van der Waals surface area (Å²) in [5.74, 6) is 0.198. The predicted octanol–water partition coefficient (Wildman–Crippen LogP) is 7.51. The standard InChI is InChI=1S/2C21H23NO2/c2*1-2-24-21(23)13-8-14-22-15-18-11-6-7-12-19(18)20(16-22)17-9-4-3-5-10-17/h2*3-13,20H,2,14-16H2,1H3/b2*13-8+/t2*20-/m10/s1. The molecule has 4 aromatic carbocycles. The molecule has 0 spiro atoms. The molecule has 2 aliphatic heterocycles. The van der Waals surface area contributed by atoms with Crippen molar-refractivity contribution in [3.63, 3.8) is 0 Å². The normalized spacial score (nSPS) is 17.6. The van der Waals surface area contributed by atoms with E-state index in [-0.39, 0.29) is 11.9 Å². The third-order valence-electron chi connectivity index (χ3n) is 8.74. The molecule has 0 aromatic heterocycles. The van der Waals surface area contributed by atoms with Crippen LogP contribution in [0, 0.1) is 0 Å². The first kappa shape index (κ1) is 34.6. The largest absolute Gasteiger partial charge is 0.463 e. The molecule has 6 heteroatoms. The summed E-state index contributed by atoms with van der Waals surface area (Å²) in [6.07, 6.45) is 6.85. The maximum Gasteiger partial charge on any atom is 0.330 e. The summed E-state index contributed by atoms with van der Waals surface area (Å²) in [6.45, 7) is 9.68. The van der Waals surface area contributed by atoms with Crippen molar-refractivity contribution in [2.75, 3.05) is 39.4 Å². The number of hydrogen-bond donors (Lipinski definition) is 0. The Morgan fingerprint density at radius 1 is 0.583 bits per heavy atom. The topological polar surface area (TPSA) is 59.1 Å². The molecule has 2 aliphatic rings. The maximum absolute atomic E-state index is 11.4. The Labute approximate surface area is 285 Å². The van der Waals surface area contributed by atoms with Gasteiger partial charge in [0, 0.05) is 63.3 Å². The highest BCUT2D eigenvalue weighted by molar-refractivity contribution is 5.82. The summed E-state index contributed by atoms with van der Waals surface area (Å²) in [5.41, 5.74) is 8.22. The predicted molar refractivity (Wildman–Crippen MR) is 192 cm³/mol. The summed E-state index contributed by atoms with van der Waals surface area (Å²) in [4.78, 5) is 27.6. The fraction of sp³-hybridized carbons (Fsp3) is 0.286. The zero-order valence-electron chi connectivity index (χ0n) is 28.0. The van der Waals surface area contributed by atoms with Crippen LogP contribution in [-0.2, 0) is 32.2 Å². The van der Waals surface area contributed by atoms with Crippen molar-refractivity contribution in [2.45, 2.75) is 38.8 Å². The lowest BCUT2D eigenvalue weighted by Gasteiger charge is -2.34. The quantitative estimate of drug-likeness (QED) is 0.132. The second-order valence-electron chi connectivity index (χ2n) is 12.0. The lowest BCUT2D eigenvalue weighted by Crippen LogP contribution is -2.34. The number of ether oxygens (including phenoxy) is 2. The SMILES string of the molecule is CCOC(=O)/C=C/CN1Cc2ccccc2[C@@H](c2ccccc2)C1.CCOC(=O)/C=C/CN1Cc2ccccc2[C@H](c2ccccc2)C1. The Bertz CT molecular complexity index is 1540. The molecule has 0 saturated carbocycles. The van der Waals surface area contributed by atoms with E-state index in [2.05, 4.69) is 119 Å². The first-order chi connectivity index (χ1) is 23.6. The first-order valence-electron chi connectivity index (χ1n) is 16.9. The molecule has 6 nitrogen and oxygen atoms in total. The second kappa shape index (κ2) is 17.9. The first-order valence-corrected chi connectivity index (χ1v) is 16.9. The molecule has 0 saturated heterocycles. The minimum absolute atomic E-state index is 0.269. The highest BCUT2D eigenvalue weighted by Gasteiger charge is 2.26. The molecule has 4 aromatic rings. The highest BCUT2D eigenvalue weighted by atomic mass is 16.5. The van der Waals surface area contributed by atoms with E-state index in [1.165, 1.54) is 45.5 Å². The van der Waals surface area contributed by atoms with Gasteiger partial charge in [0.2, 0.25) is 0 Å². The highest BCUT2D eigenvalue weighted by Crippen LogP contribution is 2.34. The molecule has 2 heterocycles. The van der Waals surface area contributed by atoms with Gasteiger partial charge in [-0.15, -0.1) is 0 Å². The Morgan fingerprint density at radius 3 is 1.35 bits per heavy atom. The van der Waals surface area contributed by atoms with Gasteiger partial charge in [-0.25, -0.2) is 9.59 Å². The molecule has 6 rings (SSSR count). The van der Waals surface area contributed by atoms with Gasteiger partial charge < -0.3 is 9.47 Å². The summed E-state index contributed by atoms with van der Waals surface area (Å²) < 4.78 is 9.87. The van der Waals surface area contributed by atoms with E-state index in [1.807, 2.05) is 26.0 Å². The number of esters is 2. The van der Waals surface area contributed by atoms with Crippen LogP contribution >= 0.6 is 0 Å². The van der Waals surface area contributed by atoms with Crippen molar-refractivity contribution in [1.29, 1.82) is 0 Å². The van der Waals surface area contributed by atoms with Crippen LogP contribution in [0.25, 0.3) is 0 Å². The Hall–Kier alpha value is -4.78. The number of benzene rings is 4. The molecule has 0 unspecified atom stereocenters. The molecule has 48 heavy (non-hydrogen) atoms. The van der Waals surface area contributed by atoms with Crippen LogP contribution in [0.4, 0.5) is 0 Å². The number of rotatable bonds is 10. The molecule has 248 valence electrons. The van der Waals surface area contributed by atoms with Gasteiger partial charge in [0.05, 0.1) is 13.2 Å². The molecule has 0 radical (unpaired) electrons. The number of fused-ring (bicyclic) bond motifs is 2. The molecule has 0 bridgehead atoms. The maximum atomic E-state index is 11.4. The van der Waals surface area contributed by atoms with Gasteiger partial charge in [0.15, 0.2) is 0 Å². The van der Waals surface area contributed by atoms with Gasteiger partial charge in [0.1, 0.15) is 0 Å². The van der Waals surface area contributed by atoms with E-state index >= 15 is 0 Å². The van der Waals surface area contributed by atoms with Crippen LogP contribution < -0.4 is 0 Å².